The van der Waals surface area contributed by atoms with Crippen LogP contribution in [0.2, 0.25) is 0 Å². The molecule has 0 spiro atoms. The first-order chi connectivity index (χ1) is 12.6. The van der Waals surface area contributed by atoms with Crippen LogP contribution in [0, 0.1) is 0 Å². The lowest BCUT2D eigenvalue weighted by molar-refractivity contribution is -0.115. The van der Waals surface area contributed by atoms with Crippen LogP contribution in [-0.4, -0.2) is 27.3 Å². The number of anilines is 1. The predicted molar refractivity (Wildman–Crippen MR) is 102 cm³/mol. The summed E-state index contributed by atoms with van der Waals surface area (Å²) >= 11 is 1.52. The van der Waals surface area contributed by atoms with E-state index < -0.39 is 0 Å². The van der Waals surface area contributed by atoms with Gasteiger partial charge in [0.1, 0.15) is 12.1 Å². The molecule has 6 nitrogen and oxygen atoms in total. The second-order valence-electron chi connectivity index (χ2n) is 5.65. The van der Waals surface area contributed by atoms with E-state index >= 15 is 0 Å². The van der Waals surface area contributed by atoms with Gasteiger partial charge in [-0.1, -0.05) is 12.1 Å². The maximum atomic E-state index is 12.2. The number of rotatable bonds is 7. The minimum atomic E-state index is -0.0529. The summed E-state index contributed by atoms with van der Waals surface area (Å²) in [7, 11) is 1.90. The smallest absolute Gasteiger partial charge is 0.228 e. The Balaban J connectivity index is 1.54. The second-order valence-corrected chi connectivity index (χ2v) is 6.69. The number of nitrogens with zero attached hydrogens (tertiary/aromatic N) is 3. The Morgan fingerprint density at radius 2 is 1.88 bits per heavy atom. The van der Waals surface area contributed by atoms with Crippen LogP contribution in [0.5, 0.6) is 5.75 Å². The van der Waals surface area contributed by atoms with Crippen LogP contribution in [0.3, 0.4) is 0 Å². The molecule has 1 N–H and O–H groups in total. The number of aryl methyl sites for hydroxylation is 1. The number of aromatic nitrogens is 3. The van der Waals surface area contributed by atoms with Crippen LogP contribution >= 0.6 is 11.8 Å². The lowest BCUT2D eigenvalue weighted by Crippen LogP contribution is -2.14. The summed E-state index contributed by atoms with van der Waals surface area (Å²) in [6.45, 7) is 2.57. The number of carbonyl (C=O) groups is 1. The quantitative estimate of drug-likeness (QED) is 0.691. The Labute approximate surface area is 156 Å². The molecule has 0 radical (unpaired) electrons. The molecule has 1 amide bonds. The number of ether oxygens (including phenoxy) is 1. The molecule has 134 valence electrons. The van der Waals surface area contributed by atoms with Gasteiger partial charge < -0.3 is 14.6 Å². The molecule has 3 aromatic rings. The van der Waals surface area contributed by atoms with Crippen LogP contribution in [0.1, 0.15) is 12.5 Å². The first-order valence-electron chi connectivity index (χ1n) is 8.27. The van der Waals surface area contributed by atoms with Crippen molar-refractivity contribution in [3.05, 3.63) is 60.4 Å². The fourth-order valence-corrected chi connectivity index (χ4v) is 3.10. The number of hydrogen-bond acceptors (Lipinski definition) is 5. The number of hydrogen-bond donors (Lipinski definition) is 1. The number of nitrogens with one attached hydrogen (secondary N) is 1. The third-order valence-corrected chi connectivity index (χ3v) is 4.68. The van der Waals surface area contributed by atoms with Gasteiger partial charge in [0, 0.05) is 17.6 Å². The van der Waals surface area contributed by atoms with Gasteiger partial charge in [0.15, 0.2) is 5.16 Å². The zero-order valence-corrected chi connectivity index (χ0v) is 15.5. The summed E-state index contributed by atoms with van der Waals surface area (Å²) < 4.78 is 7.26. The molecule has 0 unspecified atom stereocenters. The largest absolute Gasteiger partial charge is 0.494 e. The summed E-state index contributed by atoms with van der Waals surface area (Å²) in [4.78, 5) is 13.2. The molecule has 1 aromatic heterocycles. The average Bonchev–Trinajstić information content (AvgIpc) is 3.03. The first kappa shape index (κ1) is 18.0. The normalized spacial score (nSPS) is 10.5. The highest BCUT2D eigenvalue weighted by molar-refractivity contribution is 7.99. The molecule has 3 rings (SSSR count). The van der Waals surface area contributed by atoms with Crippen molar-refractivity contribution in [2.24, 2.45) is 7.05 Å². The highest BCUT2D eigenvalue weighted by Crippen LogP contribution is 2.26. The predicted octanol–water partition coefficient (Wildman–Crippen LogP) is 3.55. The van der Waals surface area contributed by atoms with Gasteiger partial charge in [-0.15, -0.1) is 10.2 Å². The zero-order valence-electron chi connectivity index (χ0n) is 14.7. The van der Waals surface area contributed by atoms with Crippen LogP contribution in [0.25, 0.3) is 0 Å². The summed E-state index contributed by atoms with van der Waals surface area (Å²) in [6.07, 6.45) is 1.99. The van der Waals surface area contributed by atoms with Crippen LogP contribution in [0.4, 0.5) is 5.69 Å². The van der Waals surface area contributed by atoms with Crippen molar-refractivity contribution in [3.63, 3.8) is 0 Å². The summed E-state index contributed by atoms with van der Waals surface area (Å²) in [5.74, 6) is 0.760. The molecular weight excluding hydrogens is 348 g/mol. The third kappa shape index (κ3) is 4.86. The van der Waals surface area contributed by atoms with Gasteiger partial charge in [0.2, 0.25) is 5.91 Å². The van der Waals surface area contributed by atoms with Gasteiger partial charge in [-0.05, 0) is 60.6 Å². The van der Waals surface area contributed by atoms with E-state index in [9.17, 15) is 4.79 Å². The van der Waals surface area contributed by atoms with E-state index in [2.05, 4.69) is 15.5 Å². The highest BCUT2D eigenvalue weighted by atomic mass is 32.2. The molecule has 26 heavy (non-hydrogen) atoms. The standard InChI is InChI=1S/C19H20N4O2S/c1-3-25-16-8-4-14(5-9-16)12-18(24)21-15-6-10-17(11-7-15)26-19-22-20-13-23(19)2/h4-11,13H,3,12H2,1-2H3,(H,21,24). The molecule has 2 aromatic carbocycles. The van der Waals surface area contributed by atoms with Crippen LogP contribution < -0.4 is 10.1 Å². The Bertz CT molecular complexity index is 860. The summed E-state index contributed by atoms with van der Waals surface area (Å²) in [6, 6.07) is 15.2. The fraction of sp³-hybridized carbons (Fsp3) is 0.211. The van der Waals surface area contributed by atoms with Crippen molar-refractivity contribution in [2.45, 2.75) is 23.4 Å². The molecule has 1 heterocycles. The van der Waals surface area contributed by atoms with Crippen molar-refractivity contribution >= 4 is 23.4 Å². The molecule has 7 heteroatoms. The van der Waals surface area contributed by atoms with Crippen molar-refractivity contribution < 1.29 is 9.53 Å². The fourth-order valence-electron chi connectivity index (χ4n) is 2.34. The number of benzene rings is 2. The first-order valence-corrected chi connectivity index (χ1v) is 9.09. The highest BCUT2D eigenvalue weighted by Gasteiger charge is 2.07. The van der Waals surface area contributed by atoms with Crippen LogP contribution in [0.15, 0.2) is 64.9 Å². The van der Waals surface area contributed by atoms with E-state index in [0.29, 0.717) is 13.0 Å². The van der Waals surface area contributed by atoms with E-state index in [1.165, 1.54) is 11.8 Å². The van der Waals surface area contributed by atoms with E-state index in [-0.39, 0.29) is 5.91 Å². The van der Waals surface area contributed by atoms with Gasteiger partial charge in [-0.2, -0.15) is 0 Å². The van der Waals surface area contributed by atoms with Crippen LogP contribution in [-0.2, 0) is 18.3 Å². The molecule has 0 aliphatic carbocycles. The second kappa shape index (κ2) is 8.53. The maximum Gasteiger partial charge on any atom is 0.228 e. The molecular formula is C19H20N4O2S. The van der Waals surface area contributed by atoms with Gasteiger partial charge in [-0.3, -0.25) is 4.79 Å². The molecule has 0 fully saturated rings. The summed E-state index contributed by atoms with van der Waals surface area (Å²) in [5.41, 5.74) is 1.71. The molecule has 0 bridgehead atoms. The monoisotopic (exact) mass is 368 g/mol. The Hall–Kier alpha value is -2.80. The lowest BCUT2D eigenvalue weighted by atomic mass is 10.1. The maximum absolute atomic E-state index is 12.2. The average molecular weight is 368 g/mol. The molecule has 0 saturated heterocycles. The Kier molecular flexibility index (Phi) is 5.91. The Morgan fingerprint density at radius 1 is 1.15 bits per heavy atom. The topological polar surface area (TPSA) is 69.0 Å². The van der Waals surface area contributed by atoms with Crippen molar-refractivity contribution in [1.82, 2.24) is 14.8 Å². The number of carbonyl (C=O) groups excluding carboxylic acids is 1. The van der Waals surface area contributed by atoms with Crippen molar-refractivity contribution in [1.29, 1.82) is 0 Å². The lowest BCUT2D eigenvalue weighted by Gasteiger charge is -2.07. The minimum absolute atomic E-state index is 0.0529. The SMILES string of the molecule is CCOc1ccc(CC(=O)Nc2ccc(Sc3nncn3C)cc2)cc1. The van der Waals surface area contributed by atoms with Gasteiger partial charge >= 0.3 is 0 Å². The van der Waals surface area contributed by atoms with E-state index in [4.69, 9.17) is 4.74 Å². The van der Waals surface area contributed by atoms with Crippen molar-refractivity contribution in [2.75, 3.05) is 11.9 Å². The van der Waals surface area contributed by atoms with E-state index in [0.717, 1.165) is 27.1 Å². The van der Waals surface area contributed by atoms with Gasteiger partial charge in [-0.25, -0.2) is 0 Å². The van der Waals surface area contributed by atoms with E-state index in [1.54, 1.807) is 6.33 Å². The molecule has 0 aliphatic heterocycles. The van der Waals surface area contributed by atoms with Crippen molar-refractivity contribution in [3.8, 4) is 5.75 Å². The minimum Gasteiger partial charge on any atom is -0.494 e. The van der Waals surface area contributed by atoms with Gasteiger partial charge in [0.25, 0.3) is 0 Å². The zero-order chi connectivity index (χ0) is 18.4. The molecule has 0 atom stereocenters. The number of amides is 1. The van der Waals surface area contributed by atoms with Gasteiger partial charge in [0.05, 0.1) is 13.0 Å². The molecule has 0 saturated carbocycles. The summed E-state index contributed by atoms with van der Waals surface area (Å²) in [5, 5.41) is 11.6. The van der Waals surface area contributed by atoms with E-state index in [1.807, 2.05) is 67.1 Å². The Morgan fingerprint density at radius 3 is 2.50 bits per heavy atom. The molecule has 0 aliphatic rings. The third-order valence-electron chi connectivity index (χ3n) is 3.62.